The smallest absolute Gasteiger partial charge is 0.226 e. The second-order valence-corrected chi connectivity index (χ2v) is 6.63. The van der Waals surface area contributed by atoms with E-state index in [2.05, 4.69) is 27.2 Å². The van der Waals surface area contributed by atoms with Crippen LogP contribution < -0.4 is 19.5 Å². The first-order valence-corrected chi connectivity index (χ1v) is 8.91. The van der Waals surface area contributed by atoms with E-state index in [0.717, 1.165) is 29.9 Å². The summed E-state index contributed by atoms with van der Waals surface area (Å²) in [5.74, 6) is 2.80. The Morgan fingerprint density at radius 2 is 1.58 bits per heavy atom. The monoisotopic (exact) mass is 358 g/mol. The number of ether oxygens (including phenoxy) is 3. The van der Waals surface area contributed by atoms with Gasteiger partial charge < -0.3 is 19.5 Å². The maximum absolute atomic E-state index is 5.50. The Bertz CT molecular complexity index is 746. The van der Waals surface area contributed by atoms with Crippen LogP contribution in [-0.2, 0) is 0 Å². The molecule has 140 valence electrons. The predicted molar refractivity (Wildman–Crippen MR) is 100.0 cm³/mol. The molecule has 0 spiro atoms. The molecule has 0 aromatic carbocycles. The van der Waals surface area contributed by atoms with E-state index in [-0.39, 0.29) is 0 Å². The summed E-state index contributed by atoms with van der Waals surface area (Å²) < 4.78 is 16.0. The predicted octanol–water partition coefficient (Wildman–Crippen LogP) is 3.56. The van der Waals surface area contributed by atoms with Crippen LogP contribution in [0.2, 0.25) is 0 Å². The maximum atomic E-state index is 5.50. The minimum absolute atomic E-state index is 0.416. The van der Waals surface area contributed by atoms with E-state index >= 15 is 0 Å². The summed E-state index contributed by atoms with van der Waals surface area (Å²) in [4.78, 5) is 13.3. The number of nitrogens with one attached hydrogen (secondary N) is 1. The van der Waals surface area contributed by atoms with Crippen molar-refractivity contribution in [2.75, 3.05) is 26.6 Å². The lowest BCUT2D eigenvalue weighted by molar-refractivity contribution is 0.359. The SMILES string of the molecule is COc1ccc(-c2cnc(N[C@H]3CC[C@H](C)CC3)nc2OC)c(OC)n1. The molecule has 0 amide bonds. The van der Waals surface area contributed by atoms with Crippen molar-refractivity contribution in [1.29, 1.82) is 0 Å². The van der Waals surface area contributed by atoms with Crippen LogP contribution in [0.5, 0.6) is 17.6 Å². The Balaban J connectivity index is 1.85. The fraction of sp³-hybridized carbons (Fsp3) is 0.526. The van der Waals surface area contributed by atoms with Gasteiger partial charge in [-0.25, -0.2) is 4.98 Å². The summed E-state index contributed by atoms with van der Waals surface area (Å²) in [5.41, 5.74) is 1.48. The molecule has 2 aromatic heterocycles. The van der Waals surface area contributed by atoms with Crippen molar-refractivity contribution >= 4 is 5.95 Å². The Morgan fingerprint density at radius 1 is 0.885 bits per heavy atom. The molecule has 0 saturated heterocycles. The molecule has 1 fully saturated rings. The number of pyridine rings is 1. The molecule has 1 aliphatic carbocycles. The van der Waals surface area contributed by atoms with E-state index in [1.54, 1.807) is 33.6 Å². The quantitative estimate of drug-likeness (QED) is 0.846. The number of rotatable bonds is 6. The zero-order chi connectivity index (χ0) is 18.5. The molecule has 0 bridgehead atoms. The molecular weight excluding hydrogens is 332 g/mol. The lowest BCUT2D eigenvalue weighted by Gasteiger charge is -2.27. The molecular formula is C19H26N4O3. The standard InChI is InChI=1S/C19H26N4O3/c1-12-5-7-13(8-6-12)21-19-20-11-15(18(23-19)26-4)14-9-10-16(24-2)22-17(14)25-3/h9-13H,5-8H2,1-4H3,(H,20,21,23)/t12-,13-. The summed E-state index contributed by atoms with van der Waals surface area (Å²) in [5, 5.41) is 3.43. The van der Waals surface area contributed by atoms with Crippen LogP contribution in [-0.4, -0.2) is 42.3 Å². The third-order valence-corrected chi connectivity index (χ3v) is 4.82. The average Bonchev–Trinajstić information content (AvgIpc) is 2.69. The lowest BCUT2D eigenvalue weighted by atomic mass is 9.87. The minimum atomic E-state index is 0.416. The zero-order valence-electron chi connectivity index (χ0n) is 15.8. The van der Waals surface area contributed by atoms with Crippen molar-refractivity contribution in [3.63, 3.8) is 0 Å². The average molecular weight is 358 g/mol. The van der Waals surface area contributed by atoms with Crippen molar-refractivity contribution in [2.45, 2.75) is 38.6 Å². The van der Waals surface area contributed by atoms with Crippen LogP contribution >= 0.6 is 0 Å². The number of anilines is 1. The van der Waals surface area contributed by atoms with Gasteiger partial charge in [-0.1, -0.05) is 6.92 Å². The van der Waals surface area contributed by atoms with Gasteiger partial charge >= 0.3 is 0 Å². The first-order chi connectivity index (χ1) is 12.6. The van der Waals surface area contributed by atoms with Gasteiger partial charge in [-0.15, -0.1) is 0 Å². The number of nitrogens with zero attached hydrogens (tertiary/aromatic N) is 3. The fourth-order valence-corrected chi connectivity index (χ4v) is 3.26. The maximum Gasteiger partial charge on any atom is 0.226 e. The molecule has 7 heteroatoms. The van der Waals surface area contributed by atoms with Gasteiger partial charge in [0.15, 0.2) is 0 Å². The first kappa shape index (κ1) is 18.2. The Labute approximate surface area is 154 Å². The fourth-order valence-electron chi connectivity index (χ4n) is 3.26. The number of methoxy groups -OCH3 is 3. The van der Waals surface area contributed by atoms with Gasteiger partial charge in [0.05, 0.1) is 32.5 Å². The third kappa shape index (κ3) is 3.98. The number of hydrogen-bond acceptors (Lipinski definition) is 7. The van der Waals surface area contributed by atoms with Crippen LogP contribution in [0.1, 0.15) is 32.6 Å². The van der Waals surface area contributed by atoms with Gasteiger partial charge in [0, 0.05) is 18.3 Å². The topological polar surface area (TPSA) is 78.4 Å². The zero-order valence-corrected chi connectivity index (χ0v) is 15.8. The van der Waals surface area contributed by atoms with Gasteiger partial charge in [-0.3, -0.25) is 0 Å². The van der Waals surface area contributed by atoms with Gasteiger partial charge in [-0.05, 0) is 37.7 Å². The van der Waals surface area contributed by atoms with Crippen molar-refractivity contribution in [3.8, 4) is 28.8 Å². The van der Waals surface area contributed by atoms with Crippen molar-refractivity contribution < 1.29 is 14.2 Å². The Hall–Kier alpha value is -2.57. The first-order valence-electron chi connectivity index (χ1n) is 8.91. The molecule has 26 heavy (non-hydrogen) atoms. The molecule has 0 atom stereocenters. The van der Waals surface area contributed by atoms with Crippen molar-refractivity contribution in [3.05, 3.63) is 18.3 Å². The summed E-state index contributed by atoms with van der Waals surface area (Å²) in [6, 6.07) is 4.05. The van der Waals surface area contributed by atoms with Gasteiger partial charge in [0.2, 0.25) is 23.6 Å². The van der Waals surface area contributed by atoms with E-state index in [1.807, 2.05) is 6.07 Å². The highest BCUT2D eigenvalue weighted by atomic mass is 16.5. The molecule has 0 radical (unpaired) electrons. The van der Waals surface area contributed by atoms with E-state index in [1.165, 1.54) is 12.8 Å². The van der Waals surface area contributed by atoms with Crippen LogP contribution in [0, 0.1) is 5.92 Å². The van der Waals surface area contributed by atoms with E-state index in [4.69, 9.17) is 14.2 Å². The molecule has 0 unspecified atom stereocenters. The van der Waals surface area contributed by atoms with Crippen LogP contribution in [0.4, 0.5) is 5.95 Å². The Kier molecular flexibility index (Phi) is 5.75. The molecule has 2 heterocycles. The van der Waals surface area contributed by atoms with E-state index in [9.17, 15) is 0 Å². The Morgan fingerprint density at radius 3 is 2.23 bits per heavy atom. The van der Waals surface area contributed by atoms with E-state index < -0.39 is 0 Å². The van der Waals surface area contributed by atoms with Crippen molar-refractivity contribution in [2.24, 2.45) is 5.92 Å². The van der Waals surface area contributed by atoms with Gasteiger partial charge in [0.25, 0.3) is 0 Å². The second-order valence-electron chi connectivity index (χ2n) is 6.63. The molecule has 7 nitrogen and oxygen atoms in total. The number of hydrogen-bond donors (Lipinski definition) is 1. The second kappa shape index (κ2) is 8.21. The largest absolute Gasteiger partial charge is 0.481 e. The highest BCUT2D eigenvalue weighted by Crippen LogP contribution is 2.35. The lowest BCUT2D eigenvalue weighted by Crippen LogP contribution is -2.26. The normalized spacial score (nSPS) is 19.7. The highest BCUT2D eigenvalue weighted by molar-refractivity contribution is 5.73. The van der Waals surface area contributed by atoms with Crippen LogP contribution in [0.15, 0.2) is 18.3 Å². The van der Waals surface area contributed by atoms with Gasteiger partial charge in [-0.2, -0.15) is 9.97 Å². The summed E-state index contributed by atoms with van der Waals surface area (Å²) >= 11 is 0. The molecule has 0 aliphatic heterocycles. The van der Waals surface area contributed by atoms with E-state index in [0.29, 0.717) is 29.6 Å². The van der Waals surface area contributed by atoms with Crippen LogP contribution in [0.25, 0.3) is 11.1 Å². The third-order valence-electron chi connectivity index (χ3n) is 4.82. The molecule has 1 aliphatic rings. The number of aromatic nitrogens is 3. The van der Waals surface area contributed by atoms with Gasteiger partial charge in [0.1, 0.15) is 0 Å². The molecule has 3 rings (SSSR count). The van der Waals surface area contributed by atoms with Crippen LogP contribution in [0.3, 0.4) is 0 Å². The molecule has 1 saturated carbocycles. The van der Waals surface area contributed by atoms with Crippen molar-refractivity contribution in [1.82, 2.24) is 15.0 Å². The minimum Gasteiger partial charge on any atom is -0.481 e. The summed E-state index contributed by atoms with van der Waals surface area (Å²) in [6.07, 6.45) is 6.50. The summed E-state index contributed by atoms with van der Waals surface area (Å²) in [7, 11) is 4.73. The molecule has 1 N–H and O–H groups in total. The summed E-state index contributed by atoms with van der Waals surface area (Å²) in [6.45, 7) is 2.31. The molecule has 2 aromatic rings. The highest BCUT2D eigenvalue weighted by Gasteiger charge is 2.20.